The summed E-state index contributed by atoms with van der Waals surface area (Å²) in [5.74, 6) is 0. The van der Waals surface area contributed by atoms with E-state index >= 15 is 0 Å². The van der Waals surface area contributed by atoms with Gasteiger partial charge >= 0.3 is 0 Å². The van der Waals surface area contributed by atoms with Crippen molar-refractivity contribution in [2.45, 2.75) is 0 Å². The van der Waals surface area contributed by atoms with Crippen LogP contribution in [0.3, 0.4) is 0 Å². The molecule has 11 heavy (non-hydrogen) atoms. The fraction of sp³-hybridized carbons (Fsp3) is 0. The zero-order valence-electron chi connectivity index (χ0n) is 5.73. The molecular formula is C6H5N4Y-. The van der Waals surface area contributed by atoms with Crippen molar-refractivity contribution in [2.75, 3.05) is 5.73 Å². The fourth-order valence-electron chi connectivity index (χ4n) is 0.778. The van der Waals surface area contributed by atoms with E-state index in [9.17, 15) is 0 Å². The Morgan fingerprint density at radius 2 is 2.36 bits per heavy atom. The van der Waals surface area contributed by atoms with Gasteiger partial charge in [-0.05, 0) is 0 Å². The van der Waals surface area contributed by atoms with Crippen molar-refractivity contribution in [3.05, 3.63) is 24.7 Å². The van der Waals surface area contributed by atoms with Crippen molar-refractivity contribution in [3.8, 4) is 0 Å². The summed E-state index contributed by atoms with van der Waals surface area (Å²) in [6, 6.07) is 4.51. The van der Waals surface area contributed by atoms with E-state index < -0.39 is 0 Å². The maximum atomic E-state index is 5.45. The van der Waals surface area contributed by atoms with Gasteiger partial charge in [-0.2, -0.15) is 5.10 Å². The first-order chi connectivity index (χ1) is 4.86. The van der Waals surface area contributed by atoms with Gasteiger partial charge in [-0.25, -0.2) is 11.1 Å². The maximum absolute atomic E-state index is 5.45. The van der Waals surface area contributed by atoms with E-state index in [0.717, 1.165) is 5.65 Å². The smallest absolute Gasteiger partial charge is 0.136 e. The average Bonchev–Trinajstić information content (AvgIpc) is 2.33. The number of fused-ring (bicyclic) bond motifs is 1. The van der Waals surface area contributed by atoms with Gasteiger partial charge in [0.1, 0.15) is 6.33 Å². The van der Waals surface area contributed by atoms with E-state index in [0.29, 0.717) is 5.69 Å². The Morgan fingerprint density at radius 1 is 1.55 bits per heavy atom. The van der Waals surface area contributed by atoms with Crippen LogP contribution in [0.15, 0.2) is 18.6 Å². The summed E-state index contributed by atoms with van der Waals surface area (Å²) in [5, 5.41) is 3.88. The second-order valence-electron chi connectivity index (χ2n) is 1.94. The van der Waals surface area contributed by atoms with Crippen molar-refractivity contribution < 1.29 is 32.7 Å². The normalized spacial score (nSPS) is 9.45. The second-order valence-corrected chi connectivity index (χ2v) is 1.94. The first kappa shape index (κ1) is 8.62. The molecule has 0 spiro atoms. The Kier molecular flexibility index (Phi) is 2.57. The Hall–Kier alpha value is -0.476. The molecule has 2 aromatic rings. The van der Waals surface area contributed by atoms with E-state index in [2.05, 4.69) is 16.1 Å². The molecule has 0 aliphatic heterocycles. The quantitative estimate of drug-likeness (QED) is 0.643. The van der Waals surface area contributed by atoms with Gasteiger partial charge in [-0.1, -0.05) is 6.20 Å². The number of nitrogens with zero attached hydrogens (tertiary/aromatic N) is 3. The molecule has 2 heterocycles. The number of nitrogens with two attached hydrogens (primary N) is 1. The van der Waals surface area contributed by atoms with Crippen LogP contribution in [-0.2, 0) is 32.7 Å². The minimum Gasteiger partial charge on any atom is -0.431 e. The molecule has 4 nitrogen and oxygen atoms in total. The summed E-state index contributed by atoms with van der Waals surface area (Å²) >= 11 is 0. The molecule has 2 aromatic heterocycles. The number of nitrogen functional groups attached to an aromatic ring is 1. The third-order valence-corrected chi connectivity index (χ3v) is 1.24. The van der Waals surface area contributed by atoms with Gasteiger partial charge in [-0.3, -0.25) is 4.52 Å². The van der Waals surface area contributed by atoms with Crippen LogP contribution in [0.1, 0.15) is 0 Å². The first-order valence-electron chi connectivity index (χ1n) is 2.83. The van der Waals surface area contributed by atoms with Crippen LogP contribution in [0.4, 0.5) is 5.69 Å². The SMILES string of the molecule is Nc1[c-]cn2ncnc2c1.[Y]. The van der Waals surface area contributed by atoms with Crippen LogP contribution in [0, 0.1) is 6.07 Å². The molecule has 0 bridgehead atoms. The maximum Gasteiger partial charge on any atom is 0.136 e. The topological polar surface area (TPSA) is 56.2 Å². The fourth-order valence-corrected chi connectivity index (χ4v) is 0.778. The molecule has 0 saturated carbocycles. The Morgan fingerprint density at radius 3 is 3.18 bits per heavy atom. The van der Waals surface area contributed by atoms with Crippen LogP contribution in [0.5, 0.6) is 0 Å². The molecule has 5 heteroatoms. The zero-order valence-corrected chi connectivity index (χ0v) is 8.57. The summed E-state index contributed by atoms with van der Waals surface area (Å²) in [6.45, 7) is 0. The Labute approximate surface area is 88.7 Å². The largest absolute Gasteiger partial charge is 0.431 e. The Bertz CT molecular complexity index is 356. The summed E-state index contributed by atoms with van der Waals surface area (Å²) < 4.78 is 1.61. The van der Waals surface area contributed by atoms with Crippen LogP contribution < -0.4 is 5.73 Å². The van der Waals surface area contributed by atoms with Crippen molar-refractivity contribution in [1.29, 1.82) is 0 Å². The van der Waals surface area contributed by atoms with Crippen molar-refractivity contribution >= 4 is 11.3 Å². The van der Waals surface area contributed by atoms with Crippen molar-refractivity contribution in [2.24, 2.45) is 0 Å². The predicted octanol–water partition coefficient (Wildman–Crippen LogP) is 0.109. The number of aromatic nitrogens is 3. The molecule has 0 aromatic carbocycles. The number of pyridine rings is 1. The molecule has 1 radical (unpaired) electrons. The molecule has 0 atom stereocenters. The molecule has 0 fully saturated rings. The summed E-state index contributed by atoms with van der Waals surface area (Å²) in [4.78, 5) is 3.93. The van der Waals surface area contributed by atoms with Crippen molar-refractivity contribution in [1.82, 2.24) is 14.6 Å². The molecule has 0 saturated heterocycles. The van der Waals surface area contributed by atoms with E-state index in [4.69, 9.17) is 5.73 Å². The van der Waals surface area contributed by atoms with Crippen LogP contribution in [0.25, 0.3) is 5.65 Å². The van der Waals surface area contributed by atoms with Crippen molar-refractivity contribution in [3.63, 3.8) is 0 Å². The molecule has 0 aliphatic carbocycles. The summed E-state index contributed by atoms with van der Waals surface area (Å²) in [7, 11) is 0. The number of hydrogen-bond acceptors (Lipinski definition) is 3. The van der Waals surface area contributed by atoms with Gasteiger partial charge in [-0.15, -0.1) is 11.8 Å². The predicted molar refractivity (Wildman–Crippen MR) is 36.2 cm³/mol. The van der Waals surface area contributed by atoms with Gasteiger partial charge in [0.2, 0.25) is 0 Å². The van der Waals surface area contributed by atoms with Gasteiger partial charge < -0.3 is 5.73 Å². The van der Waals surface area contributed by atoms with Gasteiger partial charge in [0.05, 0.1) is 5.65 Å². The standard InChI is InChI=1S/C6H5N4.Y/c7-5-1-2-10-6(3-5)8-4-9-10;/h2-4H,7H2;/q-1;. The van der Waals surface area contributed by atoms with Gasteiger partial charge in [0.15, 0.2) is 0 Å². The van der Waals surface area contributed by atoms with E-state index in [1.807, 2.05) is 0 Å². The monoisotopic (exact) mass is 222 g/mol. The van der Waals surface area contributed by atoms with Crippen LogP contribution >= 0.6 is 0 Å². The Balaban J connectivity index is 0.000000605. The number of rotatable bonds is 0. The molecule has 2 rings (SSSR count). The van der Waals surface area contributed by atoms with Crippen LogP contribution in [0.2, 0.25) is 0 Å². The minimum atomic E-state index is 0. The number of hydrogen-bond donors (Lipinski definition) is 1. The first-order valence-corrected chi connectivity index (χ1v) is 2.83. The van der Waals surface area contributed by atoms with E-state index in [1.54, 1.807) is 16.8 Å². The molecular weight excluding hydrogens is 217 g/mol. The number of anilines is 1. The zero-order chi connectivity index (χ0) is 6.97. The van der Waals surface area contributed by atoms with Crippen LogP contribution in [-0.4, -0.2) is 14.6 Å². The van der Waals surface area contributed by atoms with E-state index in [-0.39, 0.29) is 32.7 Å². The third kappa shape index (κ3) is 1.57. The minimum absolute atomic E-state index is 0. The molecule has 0 amide bonds. The van der Waals surface area contributed by atoms with Gasteiger partial charge in [0, 0.05) is 32.7 Å². The third-order valence-electron chi connectivity index (χ3n) is 1.24. The average molecular weight is 222 g/mol. The molecule has 53 valence electrons. The summed E-state index contributed by atoms with van der Waals surface area (Å²) in [6.07, 6.45) is 3.13. The molecule has 0 unspecified atom stereocenters. The molecule has 2 N–H and O–H groups in total. The van der Waals surface area contributed by atoms with E-state index in [1.165, 1.54) is 6.33 Å². The second kappa shape index (κ2) is 3.28. The molecule has 0 aliphatic rings. The van der Waals surface area contributed by atoms with Gasteiger partial charge in [0.25, 0.3) is 0 Å². The summed E-state index contributed by atoms with van der Waals surface area (Å²) in [5.41, 5.74) is 6.78.